The van der Waals surface area contributed by atoms with E-state index in [-0.39, 0.29) is 18.2 Å². The summed E-state index contributed by atoms with van der Waals surface area (Å²) in [5.41, 5.74) is 1.03. The summed E-state index contributed by atoms with van der Waals surface area (Å²) in [4.78, 5) is 14.5. The van der Waals surface area contributed by atoms with Crippen molar-refractivity contribution >= 4 is 11.7 Å². The van der Waals surface area contributed by atoms with Crippen LogP contribution in [0.3, 0.4) is 0 Å². The van der Waals surface area contributed by atoms with Gasteiger partial charge in [-0.25, -0.2) is 4.79 Å². The molecule has 1 N–H and O–H groups in total. The number of nitrogens with one attached hydrogen (secondary N) is 1. The van der Waals surface area contributed by atoms with Crippen LogP contribution in [0.5, 0.6) is 0 Å². The maximum Gasteiger partial charge on any atom is 0.322 e. The minimum absolute atomic E-state index is 0.0407. The molecule has 6 nitrogen and oxygen atoms in total. The van der Waals surface area contributed by atoms with Gasteiger partial charge < -0.3 is 15.0 Å². The summed E-state index contributed by atoms with van der Waals surface area (Å²) in [6, 6.07) is 1.97. The lowest BCUT2D eigenvalue weighted by atomic mass is 9.56. The van der Waals surface area contributed by atoms with Crippen LogP contribution in [0.25, 0.3) is 0 Å². The first-order valence-electron chi connectivity index (χ1n) is 7.74. The van der Waals surface area contributed by atoms with E-state index in [0.29, 0.717) is 11.1 Å². The van der Waals surface area contributed by atoms with E-state index in [1.807, 2.05) is 4.90 Å². The Morgan fingerprint density at radius 1 is 1.38 bits per heavy atom. The predicted molar refractivity (Wildman–Crippen MR) is 76.8 cm³/mol. The van der Waals surface area contributed by atoms with Crippen LogP contribution in [-0.4, -0.2) is 46.4 Å². The van der Waals surface area contributed by atoms with E-state index >= 15 is 0 Å². The molecule has 1 aromatic heterocycles. The van der Waals surface area contributed by atoms with Crippen LogP contribution in [0.4, 0.5) is 10.5 Å². The molecule has 2 unspecified atom stereocenters. The molecule has 3 heterocycles. The molecule has 1 saturated carbocycles. The van der Waals surface area contributed by atoms with Gasteiger partial charge in [0, 0.05) is 18.6 Å². The van der Waals surface area contributed by atoms with Gasteiger partial charge in [0.1, 0.15) is 0 Å². The maximum absolute atomic E-state index is 12.5. The minimum atomic E-state index is -0.0407. The smallest absolute Gasteiger partial charge is 0.322 e. The van der Waals surface area contributed by atoms with Crippen molar-refractivity contribution in [1.82, 2.24) is 15.1 Å². The van der Waals surface area contributed by atoms with Gasteiger partial charge in [0.2, 0.25) is 0 Å². The molecule has 21 heavy (non-hydrogen) atoms. The fraction of sp³-hybridized carbons (Fsp3) is 0.667. The lowest BCUT2D eigenvalue weighted by molar-refractivity contribution is -0.146. The molecule has 3 fully saturated rings. The van der Waals surface area contributed by atoms with E-state index in [2.05, 4.69) is 15.5 Å². The second-order valence-electron chi connectivity index (χ2n) is 6.40. The maximum atomic E-state index is 12.5. The predicted octanol–water partition coefficient (Wildman–Crippen LogP) is 2.04. The second-order valence-corrected chi connectivity index (χ2v) is 6.40. The minimum Gasteiger partial charge on any atom is -0.376 e. The largest absolute Gasteiger partial charge is 0.376 e. The number of aromatic nitrogens is 2. The van der Waals surface area contributed by atoms with Gasteiger partial charge in [0.25, 0.3) is 0 Å². The molecule has 0 aromatic carbocycles. The lowest BCUT2D eigenvalue weighted by Crippen LogP contribution is -2.73. The van der Waals surface area contributed by atoms with Crippen LogP contribution in [0.15, 0.2) is 18.5 Å². The zero-order valence-electron chi connectivity index (χ0n) is 12.0. The van der Waals surface area contributed by atoms with Crippen LogP contribution in [-0.2, 0) is 4.74 Å². The highest BCUT2D eigenvalue weighted by molar-refractivity contribution is 5.90. The lowest BCUT2D eigenvalue weighted by Gasteiger charge is -2.63. The number of rotatable bonds is 2. The number of carbonyl (C=O) groups is 1. The van der Waals surface area contributed by atoms with Gasteiger partial charge in [-0.3, -0.25) is 0 Å². The zero-order chi connectivity index (χ0) is 14.3. The van der Waals surface area contributed by atoms with E-state index in [9.17, 15) is 4.79 Å². The van der Waals surface area contributed by atoms with E-state index in [1.54, 1.807) is 18.5 Å². The Labute approximate surface area is 123 Å². The van der Waals surface area contributed by atoms with Crippen LogP contribution in [0.1, 0.15) is 32.1 Å². The third kappa shape index (κ3) is 2.09. The van der Waals surface area contributed by atoms with E-state index in [1.165, 1.54) is 19.3 Å². The number of hydrogen-bond acceptors (Lipinski definition) is 4. The molecule has 1 spiro atoms. The summed E-state index contributed by atoms with van der Waals surface area (Å²) in [7, 11) is 0. The zero-order valence-corrected chi connectivity index (χ0v) is 12.0. The summed E-state index contributed by atoms with van der Waals surface area (Å²) in [5, 5.41) is 10.4. The number of amides is 2. The molecule has 6 heteroatoms. The Balaban J connectivity index is 1.47. The molecule has 3 aliphatic rings. The van der Waals surface area contributed by atoms with E-state index in [4.69, 9.17) is 4.74 Å². The highest BCUT2D eigenvalue weighted by atomic mass is 16.5. The highest BCUT2D eigenvalue weighted by Gasteiger charge is 2.60. The fourth-order valence-corrected chi connectivity index (χ4v) is 4.04. The Morgan fingerprint density at radius 3 is 2.90 bits per heavy atom. The number of urea groups is 1. The topological polar surface area (TPSA) is 67.4 Å². The highest BCUT2D eigenvalue weighted by Crippen LogP contribution is 2.55. The van der Waals surface area contributed by atoms with Gasteiger partial charge in [-0.15, -0.1) is 0 Å². The summed E-state index contributed by atoms with van der Waals surface area (Å²) in [5.74, 6) is 0. The summed E-state index contributed by atoms with van der Waals surface area (Å²) < 4.78 is 5.87. The van der Waals surface area contributed by atoms with Crippen molar-refractivity contribution in [3.8, 4) is 0 Å². The van der Waals surface area contributed by atoms with Crippen molar-refractivity contribution in [1.29, 1.82) is 0 Å². The number of hydrogen-bond donors (Lipinski definition) is 1. The molecule has 2 atom stereocenters. The van der Waals surface area contributed by atoms with Crippen molar-refractivity contribution in [2.24, 2.45) is 5.41 Å². The Bertz CT molecular complexity index is 526. The molecule has 0 radical (unpaired) electrons. The van der Waals surface area contributed by atoms with E-state index in [0.717, 1.165) is 26.0 Å². The number of nitrogens with zero attached hydrogens (tertiary/aromatic N) is 3. The van der Waals surface area contributed by atoms with Gasteiger partial charge in [0.15, 0.2) is 0 Å². The van der Waals surface area contributed by atoms with Crippen LogP contribution in [0, 0.1) is 5.41 Å². The van der Waals surface area contributed by atoms with Crippen molar-refractivity contribution in [3.63, 3.8) is 0 Å². The molecule has 2 amide bonds. The molecule has 2 saturated heterocycles. The first-order valence-corrected chi connectivity index (χ1v) is 7.74. The van der Waals surface area contributed by atoms with Gasteiger partial charge in [-0.05, 0) is 31.7 Å². The molecule has 112 valence electrons. The second kappa shape index (κ2) is 4.94. The average Bonchev–Trinajstić information content (AvgIpc) is 2.90. The van der Waals surface area contributed by atoms with Crippen molar-refractivity contribution in [2.75, 3.05) is 18.5 Å². The summed E-state index contributed by atoms with van der Waals surface area (Å²) in [6.07, 6.45) is 9.31. The average molecular weight is 288 g/mol. The third-order valence-electron chi connectivity index (χ3n) is 5.21. The summed E-state index contributed by atoms with van der Waals surface area (Å²) >= 11 is 0. The van der Waals surface area contributed by atoms with Crippen LogP contribution < -0.4 is 5.32 Å². The van der Waals surface area contributed by atoms with E-state index < -0.39 is 0 Å². The summed E-state index contributed by atoms with van der Waals surface area (Å²) in [6.45, 7) is 1.70. The first-order chi connectivity index (χ1) is 10.3. The Kier molecular flexibility index (Phi) is 3.06. The normalized spacial score (nSPS) is 29.8. The number of likely N-dealkylation sites (tertiary alicyclic amines) is 1. The molecular formula is C15H20N4O2. The molecule has 0 bridgehead atoms. The molecule has 1 aromatic rings. The third-order valence-corrected chi connectivity index (χ3v) is 5.21. The quantitative estimate of drug-likeness (QED) is 0.904. The van der Waals surface area contributed by atoms with Gasteiger partial charge in [-0.1, -0.05) is 6.42 Å². The van der Waals surface area contributed by atoms with Gasteiger partial charge in [-0.2, -0.15) is 10.2 Å². The Morgan fingerprint density at radius 2 is 2.29 bits per heavy atom. The standard InChI is InChI=1S/C15H20N4O2/c20-14(18-11-4-7-16-17-9-11)19-10-15(5-2-6-15)13(19)12-3-1-8-21-12/h4,7,9,12-13H,1-3,5-6,8,10H2,(H,16,18,20). The molecule has 2 aliphatic heterocycles. The Hall–Kier alpha value is -1.69. The number of carbonyl (C=O) groups excluding carboxylic acids is 1. The molecule has 1 aliphatic carbocycles. The SMILES string of the molecule is O=C(Nc1ccnnc1)N1CC2(CCC2)C1C1CCCO1. The van der Waals surface area contributed by atoms with Crippen LogP contribution in [0.2, 0.25) is 0 Å². The molecule has 4 rings (SSSR count). The van der Waals surface area contributed by atoms with Crippen molar-refractivity contribution < 1.29 is 9.53 Å². The van der Waals surface area contributed by atoms with Crippen LogP contribution >= 0.6 is 0 Å². The fourth-order valence-electron chi connectivity index (χ4n) is 4.04. The van der Waals surface area contributed by atoms with Gasteiger partial charge in [0.05, 0.1) is 30.2 Å². The first kappa shape index (κ1) is 13.0. The molecular weight excluding hydrogens is 268 g/mol. The van der Waals surface area contributed by atoms with Gasteiger partial charge >= 0.3 is 6.03 Å². The van der Waals surface area contributed by atoms with Crippen molar-refractivity contribution in [3.05, 3.63) is 18.5 Å². The number of anilines is 1. The van der Waals surface area contributed by atoms with Crippen molar-refractivity contribution in [2.45, 2.75) is 44.2 Å². The monoisotopic (exact) mass is 288 g/mol. The number of ether oxygens (including phenoxy) is 1.